The van der Waals surface area contributed by atoms with Crippen molar-refractivity contribution >= 4 is 17.4 Å². The number of amides is 1. The minimum atomic E-state index is -0.843. The van der Waals surface area contributed by atoms with Gasteiger partial charge < -0.3 is 25.3 Å². The molecular formula is C30H40N4O3. The zero-order valence-corrected chi connectivity index (χ0v) is 22.2. The Balaban J connectivity index is 1.11. The van der Waals surface area contributed by atoms with Gasteiger partial charge in [0.05, 0.1) is 11.2 Å². The molecule has 3 N–H and O–H groups in total. The van der Waals surface area contributed by atoms with Crippen LogP contribution >= 0.6 is 0 Å². The van der Waals surface area contributed by atoms with E-state index in [2.05, 4.69) is 34.2 Å². The third-order valence-electron chi connectivity index (χ3n) is 9.37. The van der Waals surface area contributed by atoms with E-state index in [0.29, 0.717) is 23.4 Å². The number of hydrogen-bond donors (Lipinski definition) is 3. The Morgan fingerprint density at radius 3 is 2.38 bits per heavy atom. The number of piperazine rings is 1. The summed E-state index contributed by atoms with van der Waals surface area (Å²) in [7, 11) is 0. The van der Waals surface area contributed by atoms with Crippen LogP contribution in [-0.4, -0.2) is 58.4 Å². The molecule has 1 aliphatic heterocycles. The topological polar surface area (TPSA) is 88.9 Å². The lowest BCUT2D eigenvalue weighted by Crippen LogP contribution is -2.61. The fourth-order valence-electron chi connectivity index (χ4n) is 7.76. The molecular weight excluding hydrogens is 464 g/mol. The van der Waals surface area contributed by atoms with Crippen molar-refractivity contribution in [1.29, 1.82) is 0 Å². The van der Waals surface area contributed by atoms with Crippen molar-refractivity contribution in [3.8, 4) is 0 Å². The SMILES string of the molecule is C[C@@H]1CN(c2ccc(C(C)(C)O)cc2)CCN1c1cccc(C(=O)NC2C3CC4CC2CC(O)(C4)C3)n1. The number of rotatable bonds is 5. The number of hydrogen-bond acceptors (Lipinski definition) is 6. The van der Waals surface area contributed by atoms with Crippen LogP contribution < -0.4 is 15.1 Å². The standard InChI is InChI=1S/C30H40N4O3/c1-19-18-33(24-9-7-23(8-10-24)29(2,3)36)11-12-34(19)26-6-4-5-25(31-26)28(35)32-27-21-13-20-14-22(27)17-30(37,15-20)16-21/h4-10,19-22,27,36-37H,11-18H2,1-3H3,(H,32,35)/t19-,20?,21?,22?,27?,30?/m1/s1. The van der Waals surface area contributed by atoms with Gasteiger partial charge in [-0.05, 0) is 100 Å². The minimum Gasteiger partial charge on any atom is -0.390 e. The fourth-order valence-corrected chi connectivity index (χ4v) is 7.76. The second-order valence-corrected chi connectivity index (χ2v) is 12.7. The normalized spacial score (nSPS) is 33.1. The predicted octanol–water partition coefficient (Wildman–Crippen LogP) is 3.69. The molecule has 5 aliphatic rings. The fraction of sp³-hybridized carbons (Fsp3) is 0.600. The van der Waals surface area contributed by atoms with Crippen LogP contribution in [0, 0.1) is 17.8 Å². The van der Waals surface area contributed by atoms with Gasteiger partial charge >= 0.3 is 0 Å². The van der Waals surface area contributed by atoms with Crippen molar-refractivity contribution in [2.75, 3.05) is 29.4 Å². The van der Waals surface area contributed by atoms with E-state index in [0.717, 1.165) is 68.8 Å². The summed E-state index contributed by atoms with van der Waals surface area (Å²) in [5.74, 6) is 2.14. The number of nitrogens with zero attached hydrogens (tertiary/aromatic N) is 3. The largest absolute Gasteiger partial charge is 0.390 e. The summed E-state index contributed by atoms with van der Waals surface area (Å²) in [6, 6.07) is 14.3. The van der Waals surface area contributed by atoms with Gasteiger partial charge in [0.15, 0.2) is 0 Å². The average Bonchev–Trinajstić information content (AvgIpc) is 2.85. The minimum absolute atomic E-state index is 0.0931. The molecule has 2 aromatic rings. The molecule has 0 spiro atoms. The van der Waals surface area contributed by atoms with Crippen LogP contribution in [0.5, 0.6) is 0 Å². The molecule has 2 unspecified atom stereocenters. The van der Waals surface area contributed by atoms with Gasteiger partial charge in [0.25, 0.3) is 5.91 Å². The monoisotopic (exact) mass is 504 g/mol. The first-order valence-electron chi connectivity index (χ1n) is 13.9. The van der Waals surface area contributed by atoms with E-state index >= 15 is 0 Å². The van der Waals surface area contributed by atoms with E-state index in [1.54, 1.807) is 13.8 Å². The van der Waals surface area contributed by atoms with Crippen molar-refractivity contribution in [2.24, 2.45) is 17.8 Å². The molecule has 0 radical (unpaired) electrons. The van der Waals surface area contributed by atoms with Crippen LogP contribution in [0.25, 0.3) is 0 Å². The van der Waals surface area contributed by atoms with Gasteiger partial charge in [-0.2, -0.15) is 0 Å². The summed E-state index contributed by atoms with van der Waals surface area (Å²) in [5.41, 5.74) is 1.20. The van der Waals surface area contributed by atoms with E-state index in [1.165, 1.54) is 0 Å². The molecule has 7 heteroatoms. The van der Waals surface area contributed by atoms with Crippen molar-refractivity contribution in [3.05, 3.63) is 53.7 Å². The Labute approximate surface area is 219 Å². The number of aliphatic hydroxyl groups is 2. The maximum Gasteiger partial charge on any atom is 0.270 e. The van der Waals surface area contributed by atoms with E-state index < -0.39 is 11.2 Å². The van der Waals surface area contributed by atoms with Crippen LogP contribution in [0.1, 0.15) is 68.9 Å². The smallest absolute Gasteiger partial charge is 0.270 e. The van der Waals surface area contributed by atoms with Gasteiger partial charge in [-0.25, -0.2) is 4.98 Å². The van der Waals surface area contributed by atoms with Crippen molar-refractivity contribution < 1.29 is 15.0 Å². The molecule has 7 nitrogen and oxygen atoms in total. The van der Waals surface area contributed by atoms with Gasteiger partial charge in [0, 0.05) is 37.4 Å². The number of aromatic nitrogens is 1. The average molecular weight is 505 g/mol. The van der Waals surface area contributed by atoms with Gasteiger partial charge in [0.1, 0.15) is 11.5 Å². The van der Waals surface area contributed by atoms with Crippen molar-refractivity contribution in [1.82, 2.24) is 10.3 Å². The summed E-state index contributed by atoms with van der Waals surface area (Å²) in [4.78, 5) is 22.7. The zero-order valence-electron chi connectivity index (χ0n) is 22.2. The molecule has 7 rings (SSSR count). The first-order chi connectivity index (χ1) is 17.6. The lowest BCUT2D eigenvalue weighted by Gasteiger charge is -2.58. The van der Waals surface area contributed by atoms with Gasteiger partial charge in [-0.1, -0.05) is 18.2 Å². The van der Waals surface area contributed by atoms with E-state index in [9.17, 15) is 15.0 Å². The Kier molecular flexibility index (Phi) is 5.99. The zero-order chi connectivity index (χ0) is 25.9. The Hall–Kier alpha value is -2.64. The molecule has 37 heavy (non-hydrogen) atoms. The summed E-state index contributed by atoms with van der Waals surface area (Å²) in [5, 5.41) is 24.4. The van der Waals surface area contributed by atoms with Crippen LogP contribution in [0.3, 0.4) is 0 Å². The maximum absolute atomic E-state index is 13.3. The quantitative estimate of drug-likeness (QED) is 0.576. The highest BCUT2D eigenvalue weighted by atomic mass is 16.3. The summed E-state index contributed by atoms with van der Waals surface area (Å²) >= 11 is 0. The third-order valence-corrected chi connectivity index (χ3v) is 9.37. The summed E-state index contributed by atoms with van der Waals surface area (Å²) < 4.78 is 0. The molecule has 4 aliphatic carbocycles. The molecule has 1 aromatic carbocycles. The number of pyridine rings is 1. The lowest BCUT2D eigenvalue weighted by molar-refractivity contribution is -0.136. The van der Waals surface area contributed by atoms with Gasteiger partial charge in [0.2, 0.25) is 0 Å². The van der Waals surface area contributed by atoms with Crippen molar-refractivity contribution in [2.45, 2.75) is 76.2 Å². The molecule has 1 amide bonds. The van der Waals surface area contributed by atoms with E-state index in [4.69, 9.17) is 4.98 Å². The number of benzene rings is 1. The van der Waals surface area contributed by atoms with Gasteiger partial charge in [-0.3, -0.25) is 4.79 Å². The van der Waals surface area contributed by atoms with Crippen LogP contribution in [0.2, 0.25) is 0 Å². The molecule has 2 heterocycles. The Morgan fingerprint density at radius 1 is 1.05 bits per heavy atom. The number of anilines is 2. The molecule has 1 saturated heterocycles. The molecule has 3 atom stereocenters. The Morgan fingerprint density at radius 2 is 1.76 bits per heavy atom. The number of carbonyl (C=O) groups is 1. The molecule has 4 saturated carbocycles. The number of carbonyl (C=O) groups excluding carboxylic acids is 1. The summed E-state index contributed by atoms with van der Waals surface area (Å²) in [6.45, 7) is 8.34. The number of nitrogens with one attached hydrogen (secondary N) is 1. The van der Waals surface area contributed by atoms with Crippen LogP contribution in [0.4, 0.5) is 11.5 Å². The molecule has 4 bridgehead atoms. The van der Waals surface area contributed by atoms with E-state index in [-0.39, 0.29) is 18.0 Å². The van der Waals surface area contributed by atoms with E-state index in [1.807, 2.05) is 30.3 Å². The predicted molar refractivity (Wildman–Crippen MR) is 145 cm³/mol. The third kappa shape index (κ3) is 4.72. The van der Waals surface area contributed by atoms with Crippen molar-refractivity contribution in [3.63, 3.8) is 0 Å². The first-order valence-corrected chi connectivity index (χ1v) is 13.9. The second kappa shape index (κ2) is 8.98. The molecule has 198 valence electrons. The highest BCUT2D eigenvalue weighted by Crippen LogP contribution is 2.55. The highest BCUT2D eigenvalue weighted by molar-refractivity contribution is 5.93. The van der Waals surface area contributed by atoms with Crippen LogP contribution in [-0.2, 0) is 5.60 Å². The maximum atomic E-state index is 13.3. The molecule has 5 fully saturated rings. The summed E-state index contributed by atoms with van der Waals surface area (Å²) in [6.07, 6.45) is 4.84. The van der Waals surface area contributed by atoms with Gasteiger partial charge in [-0.15, -0.1) is 0 Å². The molecule has 1 aromatic heterocycles. The highest BCUT2D eigenvalue weighted by Gasteiger charge is 2.55. The lowest BCUT2D eigenvalue weighted by atomic mass is 9.52. The first kappa shape index (κ1) is 24.7. The second-order valence-electron chi connectivity index (χ2n) is 12.7. The Bertz CT molecular complexity index is 1140. The van der Waals surface area contributed by atoms with Crippen LogP contribution in [0.15, 0.2) is 42.5 Å².